The fourth-order valence-corrected chi connectivity index (χ4v) is 12.9. The van der Waals surface area contributed by atoms with Gasteiger partial charge in [0, 0.05) is 0 Å². The molecule has 0 atom stereocenters. The molecule has 1 fully saturated rings. The van der Waals surface area contributed by atoms with E-state index in [1.54, 1.807) is 0 Å². The van der Waals surface area contributed by atoms with Crippen LogP contribution < -0.4 is 5.32 Å². The Morgan fingerprint density at radius 3 is 1.93 bits per heavy atom. The van der Waals surface area contributed by atoms with E-state index in [1.807, 2.05) is 0 Å². The van der Waals surface area contributed by atoms with Crippen LogP contribution in [0.15, 0.2) is 0 Å². The van der Waals surface area contributed by atoms with E-state index >= 15 is 0 Å². The van der Waals surface area contributed by atoms with Crippen molar-refractivity contribution in [3.05, 3.63) is 0 Å². The number of amides is 1. The Labute approximate surface area is 89.8 Å². The second kappa shape index (κ2) is 4.40. The first kappa shape index (κ1) is 12.3. The summed E-state index contributed by atoms with van der Waals surface area (Å²) in [7, 11) is 0. The maximum atomic E-state index is 10.8. The van der Waals surface area contributed by atoms with E-state index in [1.165, 1.54) is 0 Å². The standard InChI is InChI=1S/C4H7NO2S.4O.2Ti/c6-4(7)5-3-1-8-2-3;;;;;;/h3,5H,1-2H2,(H,6,7);;;;;;. The summed E-state index contributed by atoms with van der Waals surface area (Å²) in [5, 5.41) is 7.95. The molecule has 0 aromatic heterocycles. The predicted molar refractivity (Wildman–Crippen MR) is 35.0 cm³/mol. The summed E-state index contributed by atoms with van der Waals surface area (Å²) in [5.74, 6) is -0.0477. The molecule has 1 amide bonds. The first-order valence-electron chi connectivity index (χ1n) is 3.58. The van der Waals surface area contributed by atoms with Gasteiger partial charge >= 0.3 is 90.4 Å². The van der Waals surface area contributed by atoms with E-state index < -0.39 is 50.3 Å². The topological polar surface area (TPSA) is 118 Å². The Hall–Kier alpha value is 0.249. The van der Waals surface area contributed by atoms with E-state index in [0.717, 1.165) is 0 Å². The average Bonchev–Trinajstić information content (AvgIpc) is 1.93. The number of rotatable bonds is 3. The molecular formula is C4H7NO6STi2. The molecule has 1 aliphatic heterocycles. The molecule has 0 aliphatic carbocycles. The van der Waals surface area contributed by atoms with Gasteiger partial charge in [-0.3, -0.25) is 0 Å². The molecule has 14 heavy (non-hydrogen) atoms. The van der Waals surface area contributed by atoms with Gasteiger partial charge in [0.1, 0.15) is 0 Å². The summed E-state index contributed by atoms with van der Waals surface area (Å²) in [4.78, 5) is 10.2. The SMILES string of the molecule is O=C(O)NC1C[S]([Ti](=[O])=[O])([Ti](=[O])=[O])C1. The predicted octanol–water partition coefficient (Wildman–Crippen LogP) is -0.111. The van der Waals surface area contributed by atoms with Crippen LogP contribution in [0.3, 0.4) is 0 Å². The van der Waals surface area contributed by atoms with Gasteiger partial charge in [-0.2, -0.15) is 0 Å². The number of hydrogen-bond acceptors (Lipinski definition) is 5. The Morgan fingerprint density at radius 2 is 1.64 bits per heavy atom. The molecule has 0 spiro atoms. The number of carboxylic acid groups (broad SMARTS) is 1. The van der Waals surface area contributed by atoms with E-state index in [9.17, 15) is 18.1 Å². The Morgan fingerprint density at radius 1 is 1.21 bits per heavy atom. The molecule has 0 aromatic carbocycles. The van der Waals surface area contributed by atoms with E-state index in [2.05, 4.69) is 5.32 Å². The van der Waals surface area contributed by atoms with Gasteiger partial charge in [-0.25, -0.2) is 0 Å². The van der Waals surface area contributed by atoms with Crippen LogP contribution in [0, 0.1) is 0 Å². The van der Waals surface area contributed by atoms with Crippen LogP contribution in [0.5, 0.6) is 0 Å². The van der Waals surface area contributed by atoms with Crippen LogP contribution in [0.1, 0.15) is 0 Å². The van der Waals surface area contributed by atoms with E-state index in [4.69, 9.17) is 5.11 Å². The molecule has 0 aromatic rings. The molecule has 0 bridgehead atoms. The van der Waals surface area contributed by atoms with Gasteiger partial charge in [0.05, 0.1) is 0 Å². The zero-order valence-corrected chi connectivity index (χ0v) is 10.8. The normalized spacial score (nSPS) is 21.7. The monoisotopic (exact) mass is 293 g/mol. The minimum atomic E-state index is -3.92. The van der Waals surface area contributed by atoms with Gasteiger partial charge in [-0.05, 0) is 0 Å². The van der Waals surface area contributed by atoms with E-state index in [0.29, 0.717) is 0 Å². The van der Waals surface area contributed by atoms with Gasteiger partial charge in [0.15, 0.2) is 0 Å². The fraction of sp³-hybridized carbons (Fsp3) is 0.750. The molecule has 1 aliphatic rings. The third-order valence-electron chi connectivity index (χ3n) is 1.94. The van der Waals surface area contributed by atoms with Crippen molar-refractivity contribution in [1.82, 2.24) is 5.32 Å². The van der Waals surface area contributed by atoms with Crippen LogP contribution in [-0.2, 0) is 46.3 Å². The average molecular weight is 293 g/mol. The third kappa shape index (κ3) is 2.25. The quantitative estimate of drug-likeness (QED) is 0.701. The molecular weight excluding hydrogens is 286 g/mol. The molecule has 78 valence electrons. The van der Waals surface area contributed by atoms with Crippen molar-refractivity contribution >= 4 is 11.3 Å². The van der Waals surface area contributed by atoms with Crippen molar-refractivity contribution in [3.8, 4) is 0 Å². The summed E-state index contributed by atoms with van der Waals surface area (Å²) in [5.41, 5.74) is 0. The number of hydrogen-bond donors (Lipinski definition) is 2. The van der Waals surface area contributed by atoms with Crippen molar-refractivity contribution in [2.45, 2.75) is 6.04 Å². The Balaban J connectivity index is 2.70. The van der Waals surface area contributed by atoms with Crippen LogP contribution in [0.25, 0.3) is 0 Å². The molecule has 7 nitrogen and oxygen atoms in total. The zero-order chi connectivity index (χ0) is 10.9. The summed E-state index contributed by atoms with van der Waals surface area (Å²) < 4.78 is 43.3. The molecule has 0 unspecified atom stereocenters. The molecule has 1 heterocycles. The summed E-state index contributed by atoms with van der Waals surface area (Å²) >= 11 is -7.84. The summed E-state index contributed by atoms with van der Waals surface area (Å²) in [6.07, 6.45) is -1.25. The molecule has 0 radical (unpaired) electrons. The number of nitrogens with one attached hydrogen (secondary N) is 1. The number of carbonyl (C=O) groups is 1. The van der Waals surface area contributed by atoms with Gasteiger partial charge in [0.25, 0.3) is 0 Å². The van der Waals surface area contributed by atoms with Crippen molar-refractivity contribution in [2.24, 2.45) is 0 Å². The van der Waals surface area contributed by atoms with Crippen molar-refractivity contribution < 1.29 is 56.2 Å². The van der Waals surface area contributed by atoms with Gasteiger partial charge in [0.2, 0.25) is 0 Å². The first-order chi connectivity index (χ1) is 6.38. The maximum absolute atomic E-state index is 10.8. The molecule has 1 saturated heterocycles. The van der Waals surface area contributed by atoms with Crippen molar-refractivity contribution in [3.63, 3.8) is 0 Å². The van der Waals surface area contributed by atoms with Crippen molar-refractivity contribution in [1.29, 1.82) is 0 Å². The van der Waals surface area contributed by atoms with Crippen LogP contribution in [0.4, 0.5) is 4.79 Å². The minimum absolute atomic E-state index is 0.0238. The Kier molecular flexibility index (Phi) is 3.87. The molecule has 2 N–H and O–H groups in total. The second-order valence-corrected chi connectivity index (χ2v) is 19.9. The molecule has 0 saturated carbocycles. The van der Waals surface area contributed by atoms with Crippen LogP contribution >= 0.6 is 5.20 Å². The Bertz CT molecular complexity index is 355. The van der Waals surface area contributed by atoms with Crippen LogP contribution in [-0.4, -0.2) is 28.7 Å². The van der Waals surface area contributed by atoms with Gasteiger partial charge in [-0.15, -0.1) is 0 Å². The third-order valence-corrected chi connectivity index (χ3v) is 20.7. The van der Waals surface area contributed by atoms with E-state index in [-0.39, 0.29) is 11.5 Å². The fourth-order valence-electron chi connectivity index (χ4n) is 1.24. The first-order valence-corrected chi connectivity index (χ1v) is 11.9. The summed E-state index contributed by atoms with van der Waals surface area (Å²) in [6.45, 7) is 0. The van der Waals surface area contributed by atoms with Crippen LogP contribution in [0.2, 0.25) is 0 Å². The summed E-state index contributed by atoms with van der Waals surface area (Å²) in [6, 6.07) is -0.502. The van der Waals surface area contributed by atoms with Gasteiger partial charge < -0.3 is 0 Å². The van der Waals surface area contributed by atoms with Crippen molar-refractivity contribution in [2.75, 3.05) is 11.5 Å². The van der Waals surface area contributed by atoms with Gasteiger partial charge in [-0.1, -0.05) is 0 Å². The zero-order valence-electron chi connectivity index (χ0n) is 6.89. The molecule has 10 heteroatoms. The second-order valence-electron chi connectivity index (χ2n) is 2.86. The molecule has 1 rings (SSSR count).